The van der Waals surface area contributed by atoms with Gasteiger partial charge in [0.05, 0.1) is 22.2 Å². The topological polar surface area (TPSA) is 99.9 Å². The third-order valence-electron chi connectivity index (χ3n) is 4.14. The normalized spacial score (nSPS) is 12.0. The second kappa shape index (κ2) is 6.36. The first-order chi connectivity index (χ1) is 13.0. The number of thiazole rings is 1. The van der Waals surface area contributed by atoms with Gasteiger partial charge in [0.1, 0.15) is 0 Å². The lowest BCUT2D eigenvalue weighted by molar-refractivity contribution is -0.384. The molecule has 0 spiro atoms. The van der Waals surface area contributed by atoms with Crippen LogP contribution in [-0.2, 0) is 7.05 Å². The Bertz CT molecular complexity index is 1280. The van der Waals surface area contributed by atoms with E-state index in [2.05, 4.69) is 4.99 Å². The van der Waals surface area contributed by atoms with Gasteiger partial charge in [0.25, 0.3) is 5.69 Å². The van der Waals surface area contributed by atoms with Gasteiger partial charge in [-0.15, -0.1) is 0 Å². The first-order valence-electron chi connectivity index (χ1n) is 7.87. The van der Waals surface area contributed by atoms with Gasteiger partial charge in [-0.2, -0.15) is 4.99 Å². The number of aromatic nitrogens is 1. The molecule has 0 fully saturated rings. The van der Waals surface area contributed by atoms with Gasteiger partial charge in [-0.3, -0.25) is 14.9 Å². The minimum absolute atomic E-state index is 0.0156. The predicted molar refractivity (Wildman–Crippen MR) is 100 cm³/mol. The molecule has 2 aromatic heterocycles. The van der Waals surface area contributed by atoms with E-state index in [1.54, 1.807) is 35.9 Å². The number of carbonyl (C=O) groups is 1. The number of hydrogen-bond donors (Lipinski definition) is 0. The van der Waals surface area contributed by atoms with E-state index in [4.69, 9.17) is 9.15 Å². The maximum atomic E-state index is 12.6. The number of methoxy groups -OCH3 is 1. The lowest BCUT2D eigenvalue weighted by Gasteiger charge is -1.98. The van der Waals surface area contributed by atoms with Crippen LogP contribution >= 0.6 is 11.3 Å². The van der Waals surface area contributed by atoms with Crippen molar-refractivity contribution in [2.75, 3.05) is 7.11 Å². The molecule has 0 saturated carbocycles. The zero-order valence-corrected chi connectivity index (χ0v) is 15.1. The molecule has 0 bridgehead atoms. The van der Waals surface area contributed by atoms with Gasteiger partial charge < -0.3 is 13.7 Å². The van der Waals surface area contributed by atoms with Crippen LogP contribution in [0.15, 0.2) is 51.9 Å². The van der Waals surface area contributed by atoms with E-state index in [1.807, 2.05) is 6.07 Å². The first-order valence-corrected chi connectivity index (χ1v) is 8.69. The molecule has 0 unspecified atom stereocenters. The molecule has 8 nitrogen and oxygen atoms in total. The fourth-order valence-corrected chi connectivity index (χ4v) is 3.78. The van der Waals surface area contributed by atoms with E-state index in [0.717, 1.165) is 10.1 Å². The number of hydrogen-bond acceptors (Lipinski definition) is 6. The molecule has 4 rings (SSSR count). The number of furan rings is 1. The second-order valence-electron chi connectivity index (χ2n) is 5.76. The third-order valence-corrected chi connectivity index (χ3v) is 5.25. The summed E-state index contributed by atoms with van der Waals surface area (Å²) in [5.41, 5.74) is 1.10. The highest BCUT2D eigenvalue weighted by Gasteiger charge is 2.16. The average Bonchev–Trinajstić information content (AvgIpc) is 3.23. The van der Waals surface area contributed by atoms with Crippen molar-refractivity contribution in [2.24, 2.45) is 12.0 Å². The lowest BCUT2D eigenvalue weighted by Crippen LogP contribution is -2.13. The van der Waals surface area contributed by atoms with Crippen LogP contribution in [0, 0.1) is 10.1 Å². The number of aryl methyl sites for hydroxylation is 1. The van der Waals surface area contributed by atoms with Crippen LogP contribution in [0.25, 0.3) is 21.2 Å². The van der Waals surface area contributed by atoms with Crippen molar-refractivity contribution >= 4 is 44.1 Å². The summed E-state index contributed by atoms with van der Waals surface area (Å²) in [6.07, 6.45) is 0. The molecule has 2 heterocycles. The summed E-state index contributed by atoms with van der Waals surface area (Å²) in [4.78, 5) is 27.6. The number of non-ortho nitro benzene ring substituents is 1. The summed E-state index contributed by atoms with van der Waals surface area (Å²) in [7, 11) is 3.23. The molecule has 27 heavy (non-hydrogen) atoms. The monoisotopic (exact) mass is 383 g/mol. The Morgan fingerprint density at radius 3 is 2.85 bits per heavy atom. The molecule has 0 atom stereocenters. The Morgan fingerprint density at radius 1 is 1.30 bits per heavy atom. The highest BCUT2D eigenvalue weighted by atomic mass is 32.1. The van der Waals surface area contributed by atoms with Crippen LogP contribution in [0.5, 0.6) is 5.75 Å². The van der Waals surface area contributed by atoms with Crippen molar-refractivity contribution in [3.05, 3.63) is 63.1 Å². The zero-order chi connectivity index (χ0) is 19.1. The van der Waals surface area contributed by atoms with Gasteiger partial charge in [-0.1, -0.05) is 23.5 Å². The predicted octanol–water partition coefficient (Wildman–Crippen LogP) is 3.64. The average molecular weight is 383 g/mol. The fraction of sp³-hybridized carbons (Fsp3) is 0.111. The molecule has 0 aliphatic heterocycles. The summed E-state index contributed by atoms with van der Waals surface area (Å²) in [5, 5.41) is 11.7. The van der Waals surface area contributed by atoms with E-state index in [0.29, 0.717) is 21.7 Å². The smallest absolute Gasteiger partial charge is 0.315 e. The molecular formula is C18H13N3O5S. The quantitative estimate of drug-likeness (QED) is 0.397. The van der Waals surface area contributed by atoms with Crippen LogP contribution in [0.1, 0.15) is 10.6 Å². The van der Waals surface area contributed by atoms with Gasteiger partial charge in [0, 0.05) is 24.6 Å². The van der Waals surface area contributed by atoms with Gasteiger partial charge in [-0.25, -0.2) is 0 Å². The molecule has 1 amide bonds. The molecule has 0 radical (unpaired) electrons. The molecule has 0 aliphatic rings. The first kappa shape index (κ1) is 17.0. The molecule has 2 aromatic carbocycles. The SMILES string of the molecule is COc1cccc2cc(C(=O)N=c3sc4ccc([N+](=O)[O-])cc4n3C)oc12. The highest BCUT2D eigenvalue weighted by Crippen LogP contribution is 2.29. The van der Waals surface area contributed by atoms with Crippen LogP contribution in [-0.4, -0.2) is 22.5 Å². The zero-order valence-electron chi connectivity index (χ0n) is 14.3. The van der Waals surface area contributed by atoms with Crippen molar-refractivity contribution in [3.63, 3.8) is 0 Å². The van der Waals surface area contributed by atoms with Crippen molar-refractivity contribution in [1.82, 2.24) is 4.57 Å². The summed E-state index contributed by atoms with van der Waals surface area (Å²) in [6.45, 7) is 0. The Hall–Kier alpha value is -3.46. The third kappa shape index (κ3) is 2.87. The number of nitro groups is 1. The van der Waals surface area contributed by atoms with E-state index in [-0.39, 0.29) is 11.4 Å². The number of nitro benzene ring substituents is 1. The summed E-state index contributed by atoms with van der Waals surface area (Å²) in [6, 6.07) is 11.5. The van der Waals surface area contributed by atoms with Gasteiger partial charge in [0.2, 0.25) is 0 Å². The number of ether oxygens (including phenoxy) is 1. The minimum Gasteiger partial charge on any atom is -0.493 e. The Morgan fingerprint density at radius 2 is 2.11 bits per heavy atom. The van der Waals surface area contributed by atoms with Gasteiger partial charge in [0.15, 0.2) is 21.9 Å². The summed E-state index contributed by atoms with van der Waals surface area (Å²) in [5.74, 6) is 0.0918. The summed E-state index contributed by atoms with van der Waals surface area (Å²) >= 11 is 1.27. The summed E-state index contributed by atoms with van der Waals surface area (Å²) < 4.78 is 13.3. The molecule has 0 N–H and O–H groups in total. The second-order valence-corrected chi connectivity index (χ2v) is 6.77. The van der Waals surface area contributed by atoms with E-state index >= 15 is 0 Å². The van der Waals surface area contributed by atoms with Crippen molar-refractivity contribution in [2.45, 2.75) is 0 Å². The lowest BCUT2D eigenvalue weighted by atomic mass is 10.2. The Kier molecular flexibility index (Phi) is 4.00. The van der Waals surface area contributed by atoms with Crippen LogP contribution in [0.3, 0.4) is 0 Å². The van der Waals surface area contributed by atoms with E-state index in [1.165, 1.54) is 30.6 Å². The fourth-order valence-electron chi connectivity index (χ4n) is 2.78. The molecule has 0 saturated heterocycles. The number of para-hydroxylation sites is 1. The number of amides is 1. The van der Waals surface area contributed by atoms with Gasteiger partial charge >= 0.3 is 5.91 Å². The molecule has 9 heteroatoms. The number of nitrogens with zero attached hydrogens (tertiary/aromatic N) is 3. The van der Waals surface area contributed by atoms with Gasteiger partial charge in [-0.05, 0) is 18.2 Å². The maximum Gasteiger partial charge on any atom is 0.315 e. The molecule has 136 valence electrons. The molecular weight excluding hydrogens is 370 g/mol. The number of rotatable bonds is 3. The van der Waals surface area contributed by atoms with Crippen molar-refractivity contribution < 1.29 is 18.9 Å². The standard InChI is InChI=1S/C18H13N3O5S/c1-20-12-9-11(21(23)24)6-7-15(12)27-18(20)19-17(22)14-8-10-4-3-5-13(25-2)16(10)26-14/h3-9H,1-2H3. The molecule has 4 aromatic rings. The number of benzene rings is 2. The maximum absolute atomic E-state index is 12.6. The molecule has 0 aliphatic carbocycles. The number of fused-ring (bicyclic) bond motifs is 2. The van der Waals surface area contributed by atoms with Crippen LogP contribution in [0.2, 0.25) is 0 Å². The van der Waals surface area contributed by atoms with Crippen molar-refractivity contribution in [3.8, 4) is 5.75 Å². The Balaban J connectivity index is 1.80. The van der Waals surface area contributed by atoms with Crippen molar-refractivity contribution in [1.29, 1.82) is 0 Å². The highest BCUT2D eigenvalue weighted by molar-refractivity contribution is 7.16. The van der Waals surface area contributed by atoms with Crippen LogP contribution in [0.4, 0.5) is 5.69 Å². The van der Waals surface area contributed by atoms with E-state index < -0.39 is 10.8 Å². The minimum atomic E-state index is -0.537. The largest absolute Gasteiger partial charge is 0.493 e. The Labute approximate surface area is 156 Å². The number of carbonyl (C=O) groups excluding carboxylic acids is 1. The van der Waals surface area contributed by atoms with Crippen LogP contribution < -0.4 is 9.54 Å². The van der Waals surface area contributed by atoms with E-state index in [9.17, 15) is 14.9 Å².